The second-order valence-corrected chi connectivity index (χ2v) is 6.87. The molecule has 3 heteroatoms. The van der Waals surface area contributed by atoms with E-state index in [4.69, 9.17) is 4.74 Å². The highest BCUT2D eigenvalue weighted by atomic mass is 16.5. The summed E-state index contributed by atoms with van der Waals surface area (Å²) in [5.41, 5.74) is 6.76. The molecular formula is C26H28N2O. The molecule has 2 aromatic rings. The van der Waals surface area contributed by atoms with Crippen LogP contribution in [0.1, 0.15) is 37.0 Å². The van der Waals surface area contributed by atoms with E-state index >= 15 is 0 Å². The van der Waals surface area contributed by atoms with Gasteiger partial charge >= 0.3 is 0 Å². The lowest BCUT2D eigenvalue weighted by Gasteiger charge is -2.18. The molecule has 0 saturated carbocycles. The Morgan fingerprint density at radius 1 is 1.14 bits per heavy atom. The van der Waals surface area contributed by atoms with Crippen molar-refractivity contribution in [2.75, 3.05) is 13.7 Å². The van der Waals surface area contributed by atoms with Crippen LogP contribution in [0.3, 0.4) is 0 Å². The minimum atomic E-state index is 0.601. The molecule has 1 N–H and O–H groups in total. The highest BCUT2D eigenvalue weighted by molar-refractivity contribution is 5.86. The SMILES string of the molecule is CC/C=C(C)/C(=C/NC)/N=C/C=C/c1ccc(C2=Cc3ccccc3OC2)cc1. The minimum Gasteiger partial charge on any atom is -0.488 e. The fourth-order valence-corrected chi connectivity index (χ4v) is 3.17. The third-order valence-electron chi connectivity index (χ3n) is 4.70. The molecule has 0 unspecified atom stereocenters. The Hall–Kier alpha value is -3.33. The molecule has 0 aliphatic carbocycles. The number of ether oxygens (including phenoxy) is 1. The first kappa shape index (κ1) is 20.4. The summed E-state index contributed by atoms with van der Waals surface area (Å²) < 4.78 is 5.86. The first-order valence-electron chi connectivity index (χ1n) is 9.99. The Kier molecular flexibility index (Phi) is 7.23. The molecule has 1 aliphatic rings. The van der Waals surface area contributed by atoms with E-state index in [-0.39, 0.29) is 0 Å². The number of para-hydroxylation sites is 1. The first-order chi connectivity index (χ1) is 14.2. The van der Waals surface area contributed by atoms with Gasteiger partial charge < -0.3 is 10.1 Å². The van der Waals surface area contributed by atoms with E-state index in [9.17, 15) is 0 Å². The third-order valence-corrected chi connectivity index (χ3v) is 4.70. The van der Waals surface area contributed by atoms with E-state index in [0.29, 0.717) is 6.61 Å². The van der Waals surface area contributed by atoms with E-state index in [1.807, 2.05) is 43.7 Å². The van der Waals surface area contributed by atoms with E-state index in [1.165, 1.54) is 16.7 Å². The summed E-state index contributed by atoms with van der Waals surface area (Å²) in [5, 5.41) is 3.05. The lowest BCUT2D eigenvalue weighted by Crippen LogP contribution is -2.06. The number of allylic oxidation sites excluding steroid dienone is 3. The molecular weight excluding hydrogens is 356 g/mol. The van der Waals surface area contributed by atoms with Gasteiger partial charge in [-0.25, -0.2) is 0 Å². The standard InChI is InChI=1S/C26H28N2O/c1-4-8-20(2)25(18-27-3)28-16-7-9-21-12-14-22(15-13-21)24-17-23-10-5-6-11-26(23)29-19-24/h5-18,27H,4,19H2,1-3H3/b9-7+,20-8+,25-18-,28-16+. The number of hydrogen-bond acceptors (Lipinski definition) is 3. The fourth-order valence-electron chi connectivity index (χ4n) is 3.17. The summed E-state index contributed by atoms with van der Waals surface area (Å²) in [6, 6.07) is 16.6. The van der Waals surface area contributed by atoms with Crippen molar-refractivity contribution in [3.8, 4) is 5.75 Å². The lowest BCUT2D eigenvalue weighted by atomic mass is 10.00. The van der Waals surface area contributed by atoms with Crippen LogP contribution in [0.5, 0.6) is 5.75 Å². The van der Waals surface area contributed by atoms with Crippen molar-refractivity contribution < 1.29 is 4.74 Å². The van der Waals surface area contributed by atoms with Crippen molar-refractivity contribution in [2.24, 2.45) is 4.99 Å². The van der Waals surface area contributed by atoms with E-state index in [1.54, 1.807) is 0 Å². The summed E-state index contributed by atoms with van der Waals surface area (Å²) >= 11 is 0. The van der Waals surface area contributed by atoms with Gasteiger partial charge in [-0.2, -0.15) is 0 Å². The maximum absolute atomic E-state index is 5.86. The lowest BCUT2D eigenvalue weighted by molar-refractivity contribution is 0.366. The third kappa shape index (κ3) is 5.58. The number of nitrogens with zero attached hydrogens (tertiary/aromatic N) is 1. The monoisotopic (exact) mass is 384 g/mol. The van der Waals surface area contributed by atoms with E-state index in [0.717, 1.165) is 29.0 Å². The Morgan fingerprint density at radius 3 is 2.69 bits per heavy atom. The summed E-state index contributed by atoms with van der Waals surface area (Å²) in [6.45, 7) is 4.81. The minimum absolute atomic E-state index is 0.601. The van der Waals surface area contributed by atoms with Gasteiger partial charge in [-0.3, -0.25) is 4.99 Å². The summed E-state index contributed by atoms with van der Waals surface area (Å²) in [7, 11) is 1.89. The Balaban J connectivity index is 1.67. The zero-order valence-corrected chi connectivity index (χ0v) is 17.4. The molecule has 0 bridgehead atoms. The van der Waals surface area contributed by atoms with Gasteiger partial charge in [0.05, 0.1) is 5.70 Å². The van der Waals surface area contributed by atoms with Crippen molar-refractivity contribution >= 4 is 23.9 Å². The Labute approximate surface area is 173 Å². The quantitative estimate of drug-likeness (QED) is 0.461. The molecule has 3 rings (SSSR count). The number of benzene rings is 2. The predicted octanol–water partition coefficient (Wildman–Crippen LogP) is 6.12. The molecule has 3 nitrogen and oxygen atoms in total. The summed E-state index contributed by atoms with van der Waals surface area (Å²) in [4.78, 5) is 4.55. The van der Waals surface area contributed by atoms with Gasteiger partial charge in [-0.05, 0) is 53.8 Å². The number of nitrogens with one attached hydrogen (secondary N) is 1. The number of hydrogen-bond donors (Lipinski definition) is 1. The second-order valence-electron chi connectivity index (χ2n) is 6.87. The first-order valence-corrected chi connectivity index (χ1v) is 9.99. The zero-order valence-electron chi connectivity index (χ0n) is 17.4. The van der Waals surface area contributed by atoms with Gasteiger partial charge in [0.25, 0.3) is 0 Å². The number of rotatable bonds is 7. The van der Waals surface area contributed by atoms with Crippen LogP contribution in [0.4, 0.5) is 0 Å². The normalized spacial score (nSPS) is 14.7. The smallest absolute Gasteiger partial charge is 0.127 e. The predicted molar refractivity (Wildman–Crippen MR) is 125 cm³/mol. The van der Waals surface area contributed by atoms with Crippen molar-refractivity contribution in [1.82, 2.24) is 5.32 Å². The zero-order chi connectivity index (χ0) is 20.5. The summed E-state index contributed by atoms with van der Waals surface area (Å²) in [6.07, 6.45) is 13.2. The fraction of sp³-hybridized carbons (Fsp3) is 0.192. The largest absolute Gasteiger partial charge is 0.488 e. The second kappa shape index (κ2) is 10.3. The van der Waals surface area contributed by atoms with Gasteiger partial charge in [0, 0.05) is 25.0 Å². The van der Waals surface area contributed by atoms with Crippen molar-refractivity contribution in [1.29, 1.82) is 0 Å². The van der Waals surface area contributed by atoms with Crippen molar-refractivity contribution in [3.63, 3.8) is 0 Å². The van der Waals surface area contributed by atoms with E-state index in [2.05, 4.69) is 72.7 Å². The van der Waals surface area contributed by atoms with Gasteiger partial charge in [0.1, 0.15) is 12.4 Å². The average Bonchev–Trinajstić information content (AvgIpc) is 2.76. The van der Waals surface area contributed by atoms with Gasteiger partial charge in [-0.15, -0.1) is 0 Å². The van der Waals surface area contributed by atoms with Crippen LogP contribution in [-0.2, 0) is 0 Å². The van der Waals surface area contributed by atoms with Gasteiger partial charge in [-0.1, -0.05) is 61.5 Å². The number of fused-ring (bicyclic) bond motifs is 1. The van der Waals surface area contributed by atoms with Crippen LogP contribution in [0.2, 0.25) is 0 Å². The molecule has 0 atom stereocenters. The average molecular weight is 385 g/mol. The maximum Gasteiger partial charge on any atom is 0.127 e. The molecule has 148 valence electrons. The Bertz CT molecular complexity index is 976. The van der Waals surface area contributed by atoms with Crippen LogP contribution in [0, 0.1) is 0 Å². The Morgan fingerprint density at radius 2 is 1.93 bits per heavy atom. The van der Waals surface area contributed by atoms with Gasteiger partial charge in [0.15, 0.2) is 0 Å². The molecule has 0 amide bonds. The van der Waals surface area contributed by atoms with Crippen LogP contribution in [-0.4, -0.2) is 19.9 Å². The molecule has 2 aromatic carbocycles. The summed E-state index contributed by atoms with van der Waals surface area (Å²) in [5.74, 6) is 0.950. The maximum atomic E-state index is 5.86. The molecule has 0 fully saturated rings. The van der Waals surface area contributed by atoms with Crippen LogP contribution in [0.25, 0.3) is 17.7 Å². The van der Waals surface area contributed by atoms with Crippen LogP contribution < -0.4 is 10.1 Å². The molecule has 1 heterocycles. The van der Waals surface area contributed by atoms with Crippen LogP contribution in [0.15, 0.2) is 83.1 Å². The molecule has 0 aromatic heterocycles. The van der Waals surface area contributed by atoms with Gasteiger partial charge in [0.2, 0.25) is 0 Å². The van der Waals surface area contributed by atoms with Crippen molar-refractivity contribution in [3.05, 3.63) is 94.8 Å². The van der Waals surface area contributed by atoms with E-state index < -0.39 is 0 Å². The molecule has 29 heavy (non-hydrogen) atoms. The van der Waals surface area contributed by atoms with Crippen molar-refractivity contribution in [2.45, 2.75) is 20.3 Å². The molecule has 0 radical (unpaired) electrons. The molecule has 1 aliphatic heterocycles. The number of aliphatic imine (C=N–C) groups is 1. The highest BCUT2D eigenvalue weighted by Crippen LogP contribution is 2.30. The molecule has 0 spiro atoms. The topological polar surface area (TPSA) is 33.6 Å². The molecule has 0 saturated heterocycles. The van der Waals surface area contributed by atoms with Crippen LogP contribution >= 0.6 is 0 Å². The highest BCUT2D eigenvalue weighted by Gasteiger charge is 2.11.